The van der Waals surface area contributed by atoms with Gasteiger partial charge >= 0.3 is 37.0 Å². The molecule has 0 atom stereocenters. The van der Waals surface area contributed by atoms with Gasteiger partial charge in [-0.1, -0.05) is 0 Å². The van der Waals surface area contributed by atoms with Crippen molar-refractivity contribution in [3.63, 3.8) is 0 Å². The SMILES string of the molecule is O=[Si+2].[Nb+5].[O-2]. The second-order valence-corrected chi connectivity index (χ2v) is 0. The van der Waals surface area contributed by atoms with E-state index in [0.29, 0.717) is 0 Å². The Hall–Kier alpha value is 0.717. The Bertz CT molecular complexity index is 6.00. The van der Waals surface area contributed by atoms with Gasteiger partial charge in [-0.05, 0) is 0 Å². The molecule has 0 aromatic rings. The van der Waals surface area contributed by atoms with Crippen molar-refractivity contribution >= 4 is 10.1 Å². The molecule has 4 heavy (non-hydrogen) atoms. The largest absolute Gasteiger partial charge is 5.00 e. The first kappa shape index (κ1) is 22.1. The molecule has 0 spiro atoms. The molecule has 0 fully saturated rings. The Morgan fingerprint density at radius 2 is 1.25 bits per heavy atom. The van der Waals surface area contributed by atoms with E-state index in [2.05, 4.69) is 0 Å². The van der Waals surface area contributed by atoms with Gasteiger partial charge in [0.05, 0.1) is 0 Å². The summed E-state index contributed by atoms with van der Waals surface area (Å²) in [6.45, 7) is 0. The van der Waals surface area contributed by atoms with Crippen LogP contribution >= 0.6 is 0 Å². The molecule has 0 rings (SSSR count). The van der Waals surface area contributed by atoms with Crippen LogP contribution in [0, 0.1) is 0 Å². The summed E-state index contributed by atoms with van der Waals surface area (Å²) in [4.78, 5) is 0. The van der Waals surface area contributed by atoms with E-state index in [1.165, 1.54) is 0 Å². The normalized spacial score (nSPS) is 1.50. The Balaban J connectivity index is -0.00000000500. The van der Waals surface area contributed by atoms with E-state index < -0.39 is 0 Å². The minimum atomic E-state index is 0. The van der Waals surface area contributed by atoms with Crippen LogP contribution in [0.5, 0.6) is 0 Å². The molecule has 0 aliphatic carbocycles. The first-order valence-corrected chi connectivity index (χ1v) is 0.612. The van der Waals surface area contributed by atoms with Crippen LogP contribution in [-0.2, 0) is 32.3 Å². The second-order valence-electron chi connectivity index (χ2n) is 0. The molecule has 0 heterocycles. The predicted molar refractivity (Wildman–Crippen MR) is 7.13 cm³/mol. The van der Waals surface area contributed by atoms with Crippen LogP contribution in [0.25, 0.3) is 0 Å². The zero-order valence-corrected chi connectivity index (χ0v) is 4.96. The van der Waals surface area contributed by atoms with Crippen molar-refractivity contribution < 1.29 is 32.3 Å². The van der Waals surface area contributed by atoms with Crippen molar-refractivity contribution in [2.45, 2.75) is 0 Å². The Morgan fingerprint density at radius 1 is 1.25 bits per heavy atom. The molecule has 0 aromatic heterocycles. The molecular formula is NbO2Si+5. The van der Waals surface area contributed by atoms with Crippen LogP contribution in [0.3, 0.4) is 0 Å². The van der Waals surface area contributed by atoms with Crippen LogP contribution in [0.4, 0.5) is 0 Å². The van der Waals surface area contributed by atoms with Gasteiger partial charge in [-0.15, -0.1) is 0 Å². The fourth-order valence-electron chi connectivity index (χ4n) is 0. The van der Waals surface area contributed by atoms with Crippen molar-refractivity contribution in [3.8, 4) is 0 Å². The summed E-state index contributed by atoms with van der Waals surface area (Å²) in [5, 5.41) is 0. The maximum absolute atomic E-state index is 8.06. The minimum absolute atomic E-state index is 0. The summed E-state index contributed by atoms with van der Waals surface area (Å²) in [5.41, 5.74) is 0. The van der Waals surface area contributed by atoms with Gasteiger partial charge in [-0.25, -0.2) is 0 Å². The smallest absolute Gasteiger partial charge is 2.00 e. The van der Waals surface area contributed by atoms with E-state index in [4.69, 9.17) is 4.46 Å². The van der Waals surface area contributed by atoms with Crippen molar-refractivity contribution in [1.29, 1.82) is 0 Å². The van der Waals surface area contributed by atoms with E-state index in [1.807, 2.05) is 0 Å². The van der Waals surface area contributed by atoms with E-state index in [9.17, 15) is 0 Å². The predicted octanol–water partition coefficient (Wildman–Crippen LogP) is -0.621. The first-order valence-electron chi connectivity index (χ1n) is 0.204. The Labute approximate surface area is 42.9 Å². The molecule has 0 bridgehead atoms. The Morgan fingerprint density at radius 3 is 1.25 bits per heavy atom. The van der Waals surface area contributed by atoms with Crippen molar-refractivity contribution in [2.75, 3.05) is 0 Å². The van der Waals surface area contributed by atoms with Gasteiger partial charge in [0.15, 0.2) is 0 Å². The molecular weight excluding hydrogens is 153 g/mol. The number of rotatable bonds is 0. The van der Waals surface area contributed by atoms with Gasteiger partial charge in [0.25, 0.3) is 0 Å². The summed E-state index contributed by atoms with van der Waals surface area (Å²) >= 11 is 0. The van der Waals surface area contributed by atoms with Crippen molar-refractivity contribution in [2.24, 2.45) is 0 Å². The quantitative estimate of drug-likeness (QED) is 0.427. The summed E-state index contributed by atoms with van der Waals surface area (Å²) in [6.07, 6.45) is 0. The van der Waals surface area contributed by atoms with E-state index in [-0.39, 0.29) is 27.9 Å². The standard InChI is InChI=1S/Nb.OSi.O/c;1-2;/q+5;+2;-2. The van der Waals surface area contributed by atoms with Crippen LogP contribution in [-0.4, -0.2) is 10.1 Å². The van der Waals surface area contributed by atoms with Crippen LogP contribution < -0.4 is 0 Å². The number of hydrogen-bond donors (Lipinski definition) is 0. The fourth-order valence-corrected chi connectivity index (χ4v) is 0. The molecule has 0 saturated carbocycles. The zero-order chi connectivity index (χ0) is 2.00. The third-order valence-electron chi connectivity index (χ3n) is 0. The maximum atomic E-state index is 8.06. The third-order valence-corrected chi connectivity index (χ3v) is 0. The molecule has 0 aliphatic rings. The van der Waals surface area contributed by atoms with Gasteiger partial charge in [0.2, 0.25) is 0 Å². The molecule has 0 saturated heterocycles. The summed E-state index contributed by atoms with van der Waals surface area (Å²) in [6, 6.07) is 0. The van der Waals surface area contributed by atoms with Crippen LogP contribution in [0.2, 0.25) is 0 Å². The van der Waals surface area contributed by atoms with Gasteiger partial charge in [0, 0.05) is 0 Å². The second kappa shape index (κ2) is 53.4. The topological polar surface area (TPSA) is 45.6 Å². The van der Waals surface area contributed by atoms with Crippen LogP contribution in [0.1, 0.15) is 0 Å². The molecule has 0 aliphatic heterocycles. The average molecular weight is 153 g/mol. The molecule has 16 valence electrons. The Kier molecular flexibility index (Phi) is 295. The van der Waals surface area contributed by atoms with Gasteiger partial charge in [-0.2, -0.15) is 0 Å². The molecule has 0 amide bonds. The molecule has 4 heteroatoms. The summed E-state index contributed by atoms with van der Waals surface area (Å²) in [5.74, 6) is 0. The first-order chi connectivity index (χ1) is 1.00. The van der Waals surface area contributed by atoms with Crippen molar-refractivity contribution in [1.82, 2.24) is 0 Å². The maximum Gasteiger partial charge on any atom is 5.00 e. The molecule has 0 unspecified atom stereocenters. The minimum Gasteiger partial charge on any atom is -2.00 e. The van der Waals surface area contributed by atoms with Crippen molar-refractivity contribution in [3.05, 3.63) is 0 Å². The molecule has 0 aromatic carbocycles. The van der Waals surface area contributed by atoms with Gasteiger partial charge in [0.1, 0.15) is 0 Å². The fraction of sp³-hybridized carbons (Fsp3) is 0. The monoisotopic (exact) mass is 153 g/mol. The summed E-state index contributed by atoms with van der Waals surface area (Å²) < 4.78 is 8.06. The average Bonchev–Trinajstić information content (AvgIpc) is 1.00. The molecule has 0 N–H and O–H groups in total. The number of hydrogen-bond acceptors (Lipinski definition) is 1. The van der Waals surface area contributed by atoms with E-state index in [1.54, 1.807) is 10.1 Å². The van der Waals surface area contributed by atoms with E-state index >= 15 is 0 Å². The molecule has 2 nitrogen and oxygen atoms in total. The van der Waals surface area contributed by atoms with Crippen LogP contribution in [0.15, 0.2) is 0 Å². The zero-order valence-electron chi connectivity index (χ0n) is 1.76. The van der Waals surface area contributed by atoms with E-state index in [0.717, 1.165) is 0 Å². The third kappa shape index (κ3) is 15.6. The van der Waals surface area contributed by atoms with Gasteiger partial charge < -0.3 is 5.48 Å². The van der Waals surface area contributed by atoms with Gasteiger partial charge in [-0.3, -0.25) is 0 Å². The summed E-state index contributed by atoms with van der Waals surface area (Å²) in [7, 11) is 1.72. The molecule has 0 radical (unpaired) electrons.